The maximum atomic E-state index is 11.6. The highest BCUT2D eigenvalue weighted by molar-refractivity contribution is 5.69. The van der Waals surface area contributed by atoms with E-state index in [1.54, 1.807) is 4.90 Å². The summed E-state index contributed by atoms with van der Waals surface area (Å²) in [5.74, 6) is -2.85. The molecule has 0 bridgehead atoms. The summed E-state index contributed by atoms with van der Waals surface area (Å²) >= 11 is 0. The Bertz CT molecular complexity index is 908. The minimum absolute atomic E-state index is 0.147. The number of unbranched alkanes of at least 4 members (excludes halogenated alkanes) is 19. The summed E-state index contributed by atoms with van der Waals surface area (Å²) in [6.07, 6.45) is 26.8. The fraction of sp³-hybridized carbons (Fsp3) is 0.927. The van der Waals surface area contributed by atoms with Gasteiger partial charge in [0.1, 0.15) is 12.6 Å². The van der Waals surface area contributed by atoms with E-state index in [2.05, 4.69) is 25.9 Å². The van der Waals surface area contributed by atoms with Crippen molar-refractivity contribution < 1.29 is 39.3 Å². The van der Waals surface area contributed by atoms with Crippen LogP contribution in [0.5, 0.6) is 0 Å². The number of β-amino-alcohol motifs (C(OH)–C–C–N with tert-alkyl or cyclic N) is 1. The molecular formula is C41H82N5O7+. The largest absolute Gasteiger partial charge is 0.480 e. The van der Waals surface area contributed by atoms with Crippen molar-refractivity contribution in [1.82, 2.24) is 19.6 Å². The third-order valence-electron chi connectivity index (χ3n) is 10.8. The fourth-order valence-corrected chi connectivity index (χ4v) is 7.62. The first kappa shape index (κ1) is 49.2. The summed E-state index contributed by atoms with van der Waals surface area (Å²) in [5, 5.41) is 39.5. The van der Waals surface area contributed by atoms with Gasteiger partial charge in [-0.2, -0.15) is 0 Å². The number of likely N-dealkylation sites (N-methyl/N-ethyl adjacent to an activating group) is 1. The maximum Gasteiger partial charge on any atom is 0.317 e. The van der Waals surface area contributed by atoms with Crippen molar-refractivity contribution in [1.29, 1.82) is 0 Å². The Morgan fingerprint density at radius 1 is 0.472 bits per heavy atom. The SMILES string of the molecule is CCCCCCCCCCCCCCCCCCCCCC[N+](C)(C)CC(O)CN1CCN(CC(=O)O)CCN(CC(=O)O)CCN(CC(=O)O)CC1. The summed E-state index contributed by atoms with van der Waals surface area (Å²) in [6.45, 7) is 7.31. The molecule has 0 saturated carbocycles. The summed E-state index contributed by atoms with van der Waals surface area (Å²) in [5.41, 5.74) is 0. The number of nitrogens with zero attached hydrogens (tertiary/aromatic N) is 5. The molecule has 0 aromatic carbocycles. The molecule has 0 aromatic heterocycles. The van der Waals surface area contributed by atoms with Crippen LogP contribution in [0.4, 0.5) is 0 Å². The molecule has 1 unspecified atom stereocenters. The van der Waals surface area contributed by atoms with Crippen molar-refractivity contribution in [2.24, 2.45) is 0 Å². The second kappa shape index (κ2) is 31.4. The quantitative estimate of drug-likeness (QED) is 0.0509. The highest BCUT2D eigenvalue weighted by atomic mass is 16.4. The number of aliphatic carboxylic acids is 3. The lowest BCUT2D eigenvalue weighted by atomic mass is 10.0. The molecule has 1 fully saturated rings. The van der Waals surface area contributed by atoms with E-state index in [0.717, 1.165) is 17.4 Å². The Morgan fingerprint density at radius 2 is 0.736 bits per heavy atom. The average molecular weight is 757 g/mol. The van der Waals surface area contributed by atoms with Gasteiger partial charge >= 0.3 is 17.9 Å². The van der Waals surface area contributed by atoms with Gasteiger partial charge in [0.2, 0.25) is 0 Å². The number of carboxylic acid groups (broad SMARTS) is 3. The van der Waals surface area contributed by atoms with Gasteiger partial charge in [-0.3, -0.25) is 34.0 Å². The van der Waals surface area contributed by atoms with Crippen molar-refractivity contribution in [2.75, 3.05) is 106 Å². The number of aliphatic hydroxyl groups is 1. The molecule has 12 nitrogen and oxygen atoms in total. The van der Waals surface area contributed by atoms with Gasteiger partial charge in [0.15, 0.2) is 0 Å². The van der Waals surface area contributed by atoms with E-state index in [1.165, 1.54) is 122 Å². The number of hydrogen-bond donors (Lipinski definition) is 4. The van der Waals surface area contributed by atoms with Gasteiger partial charge in [-0.25, -0.2) is 0 Å². The minimum atomic E-state index is -0.973. The molecule has 1 saturated heterocycles. The maximum absolute atomic E-state index is 11.6. The van der Waals surface area contributed by atoms with Gasteiger partial charge in [0.25, 0.3) is 0 Å². The molecule has 312 valence electrons. The summed E-state index contributed by atoms with van der Waals surface area (Å²) in [4.78, 5) is 42.0. The van der Waals surface area contributed by atoms with Crippen LogP contribution in [-0.2, 0) is 14.4 Å². The van der Waals surface area contributed by atoms with E-state index >= 15 is 0 Å². The van der Waals surface area contributed by atoms with Crippen LogP contribution in [0.1, 0.15) is 135 Å². The van der Waals surface area contributed by atoms with Crippen LogP contribution >= 0.6 is 0 Å². The zero-order valence-electron chi connectivity index (χ0n) is 34.4. The van der Waals surface area contributed by atoms with Crippen molar-refractivity contribution in [3.8, 4) is 0 Å². The highest BCUT2D eigenvalue weighted by Crippen LogP contribution is 2.15. The lowest BCUT2D eigenvalue weighted by molar-refractivity contribution is -0.893. The standard InChI is InChI=1S/C41H81N5O7/c1-4-5-6-7-8-9-10-11-12-13-14-15-16-17-18-19-20-21-22-23-32-46(2,3)37-38(47)33-42-24-26-43(34-39(48)49)28-30-45(36-41(52)53)31-29-44(27-25-42)35-40(50)51/h38,47H,4-37H2,1-3H3,(H2-,48,49,50,51,52,53)/p+1. The monoisotopic (exact) mass is 757 g/mol. The van der Waals surface area contributed by atoms with Crippen molar-refractivity contribution in [3.05, 3.63) is 0 Å². The second-order valence-corrected chi connectivity index (χ2v) is 16.5. The number of carboxylic acids is 3. The van der Waals surface area contributed by atoms with Gasteiger partial charge in [0, 0.05) is 58.9 Å². The molecular weight excluding hydrogens is 674 g/mol. The van der Waals surface area contributed by atoms with Gasteiger partial charge in [-0.15, -0.1) is 0 Å². The number of rotatable bonds is 31. The lowest BCUT2D eigenvalue weighted by Gasteiger charge is -2.36. The normalized spacial score (nSPS) is 17.0. The van der Waals surface area contributed by atoms with Crippen LogP contribution in [-0.4, -0.2) is 174 Å². The molecule has 1 aliphatic rings. The van der Waals surface area contributed by atoms with Gasteiger partial charge < -0.3 is 24.9 Å². The minimum Gasteiger partial charge on any atom is -0.480 e. The van der Waals surface area contributed by atoms with Crippen LogP contribution in [0.25, 0.3) is 0 Å². The smallest absolute Gasteiger partial charge is 0.317 e. The summed E-state index contributed by atoms with van der Waals surface area (Å²) in [6, 6.07) is 0. The van der Waals surface area contributed by atoms with Crippen molar-refractivity contribution in [3.63, 3.8) is 0 Å². The molecule has 0 radical (unpaired) electrons. The fourth-order valence-electron chi connectivity index (χ4n) is 7.62. The Balaban J connectivity index is 2.33. The average Bonchev–Trinajstić information content (AvgIpc) is 3.07. The first-order valence-electron chi connectivity index (χ1n) is 21.4. The lowest BCUT2D eigenvalue weighted by Crippen LogP contribution is -2.52. The molecule has 1 rings (SSSR count). The first-order valence-corrected chi connectivity index (χ1v) is 21.4. The van der Waals surface area contributed by atoms with Crippen LogP contribution in [0.15, 0.2) is 0 Å². The number of quaternary nitrogens is 1. The van der Waals surface area contributed by atoms with E-state index < -0.39 is 24.0 Å². The van der Waals surface area contributed by atoms with E-state index in [0.29, 0.717) is 65.4 Å². The Hall–Kier alpha value is -1.83. The Kier molecular flexibility index (Phi) is 29.1. The van der Waals surface area contributed by atoms with E-state index in [-0.39, 0.29) is 19.6 Å². The Labute approximate surface area is 323 Å². The molecule has 12 heteroatoms. The highest BCUT2D eigenvalue weighted by Gasteiger charge is 2.25. The number of aliphatic hydroxyl groups excluding tert-OH is 1. The third kappa shape index (κ3) is 30.1. The van der Waals surface area contributed by atoms with Crippen LogP contribution < -0.4 is 0 Å². The molecule has 53 heavy (non-hydrogen) atoms. The van der Waals surface area contributed by atoms with Gasteiger partial charge in [-0.1, -0.05) is 122 Å². The van der Waals surface area contributed by atoms with E-state index in [4.69, 9.17) is 0 Å². The molecule has 0 amide bonds. The second-order valence-electron chi connectivity index (χ2n) is 16.5. The molecule has 0 aromatic rings. The van der Waals surface area contributed by atoms with Gasteiger partial charge in [-0.05, 0) is 12.8 Å². The van der Waals surface area contributed by atoms with E-state index in [9.17, 15) is 34.8 Å². The zero-order chi connectivity index (χ0) is 39.2. The topological polar surface area (TPSA) is 145 Å². The van der Waals surface area contributed by atoms with Crippen molar-refractivity contribution in [2.45, 2.75) is 141 Å². The summed E-state index contributed by atoms with van der Waals surface area (Å²) in [7, 11) is 4.34. The molecule has 1 atom stereocenters. The molecule has 0 aliphatic carbocycles. The first-order chi connectivity index (χ1) is 25.4. The van der Waals surface area contributed by atoms with E-state index in [1.807, 2.05) is 9.80 Å². The molecule has 4 N–H and O–H groups in total. The van der Waals surface area contributed by atoms with Crippen LogP contribution in [0.3, 0.4) is 0 Å². The Morgan fingerprint density at radius 3 is 1.02 bits per heavy atom. The van der Waals surface area contributed by atoms with Crippen LogP contribution in [0, 0.1) is 0 Å². The predicted molar refractivity (Wildman–Crippen MR) is 215 cm³/mol. The number of hydrogen-bond acceptors (Lipinski definition) is 8. The molecule has 1 aliphatic heterocycles. The van der Waals surface area contributed by atoms with Crippen molar-refractivity contribution >= 4 is 17.9 Å². The van der Waals surface area contributed by atoms with Crippen LogP contribution in [0.2, 0.25) is 0 Å². The molecule has 1 heterocycles. The molecule has 0 spiro atoms. The zero-order valence-corrected chi connectivity index (χ0v) is 34.4. The predicted octanol–water partition coefficient (Wildman–Crippen LogP) is 5.72. The third-order valence-corrected chi connectivity index (χ3v) is 10.8. The number of carbonyl (C=O) groups is 3. The summed E-state index contributed by atoms with van der Waals surface area (Å²) < 4.78 is 0.726. The van der Waals surface area contributed by atoms with Gasteiger partial charge in [0.05, 0.1) is 40.3 Å².